The maximum Gasteiger partial charge on any atom is 0.531 e. The van der Waals surface area contributed by atoms with Gasteiger partial charge < -0.3 is 46.0 Å². The number of aliphatic hydroxyl groups is 2. The summed E-state index contributed by atoms with van der Waals surface area (Å²) in [4.78, 5) is 92.0. The van der Waals surface area contributed by atoms with Crippen molar-refractivity contribution >= 4 is 69.1 Å². The van der Waals surface area contributed by atoms with Crippen LogP contribution in [0.4, 0.5) is 5.82 Å². The number of hydrogen-bond acceptors (Lipinski definition) is 22. The number of phosphoric ester groups is 2. The molecule has 1 saturated heterocycles. The Balaban J connectivity index is 1.21. The average Bonchev–Trinajstić information content (AvgIpc) is 3.92. The summed E-state index contributed by atoms with van der Waals surface area (Å²) < 4.78 is 64.1. The molecular formula is C44H72N7O21P3S. The van der Waals surface area contributed by atoms with E-state index in [0.29, 0.717) is 12.2 Å². The summed E-state index contributed by atoms with van der Waals surface area (Å²) in [7, 11) is -16.1. The number of aromatic nitrogens is 4. The molecule has 1 aliphatic rings. The fraction of sp³-hybridized carbons (Fsp3) is 0.636. The van der Waals surface area contributed by atoms with Gasteiger partial charge in [-0.25, -0.2) is 33.5 Å². The van der Waals surface area contributed by atoms with E-state index in [1.165, 1.54) is 33.1 Å². The Hall–Kier alpha value is -3.64. The second-order valence-corrected chi connectivity index (χ2v) is 22.5. The van der Waals surface area contributed by atoms with Crippen molar-refractivity contribution in [2.24, 2.45) is 5.41 Å². The molecule has 430 valence electrons. The number of anilines is 1. The quantitative estimate of drug-likeness (QED) is 0.0127. The molecule has 76 heavy (non-hydrogen) atoms. The molecule has 0 spiro atoms. The van der Waals surface area contributed by atoms with Crippen LogP contribution in [0.2, 0.25) is 0 Å². The zero-order valence-electron chi connectivity index (χ0n) is 42.5. The Morgan fingerprint density at radius 3 is 2.11 bits per heavy atom. The molecule has 10 N–H and O–H groups in total. The van der Waals surface area contributed by atoms with Gasteiger partial charge in [-0.1, -0.05) is 126 Å². The first kappa shape index (κ1) is 66.6. The Labute approximate surface area is 444 Å². The lowest BCUT2D eigenvalue weighted by atomic mass is 9.87. The van der Waals surface area contributed by atoms with Crippen LogP contribution in [0.5, 0.6) is 0 Å². The van der Waals surface area contributed by atoms with Gasteiger partial charge in [0.15, 0.2) is 22.8 Å². The number of nitrogens with two attached hydrogens (primary N) is 1. The van der Waals surface area contributed by atoms with Crippen LogP contribution in [0.25, 0.3) is 11.2 Å². The van der Waals surface area contributed by atoms with Gasteiger partial charge in [-0.15, -0.1) is 0 Å². The minimum absolute atomic E-state index is 0.0266. The number of rotatable bonds is 40. The Bertz CT molecular complexity index is 2360. The summed E-state index contributed by atoms with van der Waals surface area (Å²) in [5.74, 6) is -1.03. The lowest BCUT2D eigenvalue weighted by Crippen LogP contribution is -2.46. The number of nitrogens with zero attached hydrogens (tertiary/aromatic N) is 4. The summed E-state index contributed by atoms with van der Waals surface area (Å²) >= 11 is 1.13. The van der Waals surface area contributed by atoms with Crippen molar-refractivity contribution < 1.29 is 101 Å². The summed E-state index contributed by atoms with van der Waals surface area (Å²) in [5.41, 5.74) is 4.36. The molecule has 2 aromatic heterocycles. The van der Waals surface area contributed by atoms with Gasteiger partial charge in [0.2, 0.25) is 11.8 Å². The highest BCUT2D eigenvalue weighted by atomic mass is 32.2. The number of carbonyl (C=O) groups excluding carboxylic acids is 3. The van der Waals surface area contributed by atoms with E-state index in [4.69, 9.17) is 15.0 Å². The van der Waals surface area contributed by atoms with Crippen molar-refractivity contribution in [1.82, 2.24) is 30.2 Å². The highest BCUT2D eigenvalue weighted by molar-refractivity contribution is 8.13. The van der Waals surface area contributed by atoms with Crippen LogP contribution in [0.15, 0.2) is 61.3 Å². The third-order valence-corrected chi connectivity index (χ3v) is 13.4. The van der Waals surface area contributed by atoms with Crippen molar-refractivity contribution in [3.63, 3.8) is 0 Å². The molecule has 1 aliphatic heterocycles. The molecule has 32 heteroatoms. The molecule has 7 atom stereocenters. The number of fused-ring (bicyclic) bond motifs is 1. The predicted octanol–water partition coefficient (Wildman–Crippen LogP) is 5.71. The van der Waals surface area contributed by atoms with Gasteiger partial charge >= 0.3 is 23.5 Å². The molecule has 0 bridgehead atoms. The second kappa shape index (κ2) is 35.1. The zero-order chi connectivity index (χ0) is 56.0. The van der Waals surface area contributed by atoms with E-state index in [0.717, 1.165) is 86.8 Å². The van der Waals surface area contributed by atoms with E-state index in [1.807, 2.05) is 0 Å². The number of hydrogen-bond donors (Lipinski definition) is 9. The second-order valence-electron chi connectivity index (χ2n) is 17.6. The smallest absolute Gasteiger partial charge is 0.386 e. The highest BCUT2D eigenvalue weighted by Gasteiger charge is 2.49. The minimum Gasteiger partial charge on any atom is -0.386 e. The highest BCUT2D eigenvalue weighted by Crippen LogP contribution is 2.50. The first-order chi connectivity index (χ1) is 36.1. The molecule has 3 rings (SSSR count). The molecular weight excluding hydrogens is 1090 g/mol. The van der Waals surface area contributed by atoms with Gasteiger partial charge in [0, 0.05) is 37.1 Å². The SMILES string of the molecule is CCCCC/C=C\C/C=C\C/C=C\C/C=C\CCCCCCC(=O)SCCNC(=O)CCNC(=O)[C@H](O)C(C)(C)COP(=O)(O)OOOP(=O)(O)OOOC[C@H]1O[C@@H](n2cnc3c(N)ncnc32)C(O)[C@H]1OP(=O)(O)O. The van der Waals surface area contributed by atoms with Gasteiger partial charge in [-0.05, 0) is 56.4 Å². The summed E-state index contributed by atoms with van der Waals surface area (Å²) in [6.45, 7) is 3.03. The Kier molecular flexibility index (Phi) is 30.8. The number of aliphatic hydroxyl groups excluding tert-OH is 2. The number of imidazole rings is 1. The topological polar surface area (TPSA) is 401 Å². The molecule has 1 fully saturated rings. The molecule has 2 amide bonds. The molecule has 0 saturated carbocycles. The third kappa shape index (κ3) is 26.8. The molecule has 3 heterocycles. The number of carbonyl (C=O) groups is 3. The minimum atomic E-state index is -5.52. The molecule has 28 nitrogen and oxygen atoms in total. The zero-order valence-corrected chi connectivity index (χ0v) is 46.0. The number of ether oxygens (including phenoxy) is 1. The molecule has 2 aromatic rings. The molecule has 0 aliphatic carbocycles. The van der Waals surface area contributed by atoms with Gasteiger partial charge in [-0.3, -0.25) is 32.9 Å². The van der Waals surface area contributed by atoms with E-state index in [9.17, 15) is 57.9 Å². The van der Waals surface area contributed by atoms with Crippen molar-refractivity contribution in [2.45, 2.75) is 141 Å². The standard InChI is InChI=1S/C44H72N7O21P3S/c1-4-5-6-7-8-9-10-11-12-13-14-15-16-17-18-19-20-21-22-23-24-35(53)76-28-27-46-34(52)25-26-47-42(56)39(55)44(2,3)30-65-74(60,61)71-69-72-75(62,63)70-68-64-29-33-38(67-73(57,58)59)37(54)43(66-33)51-32-50-36-40(45)48-31-49-41(36)51/h8-9,11-12,14-15,17-18,31-33,37-39,43,54-55H,4-7,10,13,16,19-30H2,1-3H3,(H,46,52)(H,47,56)(H,60,61)(H,62,63)(H2,45,48,49)(H2,57,58,59)/b9-8-,12-11-,15-14-,18-17-/t33-,37?,38+,39+,43-/m1/s1. The van der Waals surface area contributed by atoms with Crippen molar-refractivity contribution in [2.75, 3.05) is 37.8 Å². The van der Waals surface area contributed by atoms with Crippen LogP contribution in [0.3, 0.4) is 0 Å². The Morgan fingerprint density at radius 1 is 0.829 bits per heavy atom. The van der Waals surface area contributed by atoms with Gasteiger partial charge in [0.25, 0.3) is 0 Å². The number of nitrogens with one attached hydrogen (secondary N) is 2. The predicted molar refractivity (Wildman–Crippen MR) is 274 cm³/mol. The monoisotopic (exact) mass is 1160 g/mol. The lowest BCUT2D eigenvalue weighted by Gasteiger charge is -2.29. The Morgan fingerprint density at radius 2 is 1.45 bits per heavy atom. The van der Waals surface area contributed by atoms with Crippen molar-refractivity contribution in [1.29, 1.82) is 0 Å². The average molecular weight is 1160 g/mol. The number of amides is 2. The van der Waals surface area contributed by atoms with Crippen LogP contribution in [0, 0.1) is 5.41 Å². The number of unbranched alkanes of at least 4 members (excludes halogenated alkanes) is 7. The van der Waals surface area contributed by atoms with E-state index < -0.39 is 84.6 Å². The number of allylic oxidation sites excluding steroid dienone is 8. The normalized spacial score (nSPS) is 19.5. The van der Waals surface area contributed by atoms with Gasteiger partial charge in [0.05, 0.1) is 12.9 Å². The number of thioether (sulfide) groups is 1. The van der Waals surface area contributed by atoms with Crippen LogP contribution >= 0.6 is 35.2 Å². The molecule has 0 radical (unpaired) electrons. The van der Waals surface area contributed by atoms with E-state index in [1.54, 1.807) is 0 Å². The van der Waals surface area contributed by atoms with E-state index in [2.05, 4.69) is 115 Å². The lowest BCUT2D eigenvalue weighted by molar-refractivity contribution is -0.494. The fourth-order valence-corrected chi connectivity index (χ4v) is 8.99. The van der Waals surface area contributed by atoms with E-state index >= 15 is 0 Å². The number of phosphoric acid groups is 3. The largest absolute Gasteiger partial charge is 0.531 e. The van der Waals surface area contributed by atoms with Crippen LogP contribution in [0.1, 0.15) is 117 Å². The van der Waals surface area contributed by atoms with Gasteiger partial charge in [0.1, 0.15) is 42.9 Å². The summed E-state index contributed by atoms with van der Waals surface area (Å²) in [6.07, 6.45) is 24.3. The van der Waals surface area contributed by atoms with Crippen LogP contribution in [-0.4, -0.2) is 123 Å². The maximum absolute atomic E-state index is 12.6. The first-order valence-corrected chi connectivity index (χ1v) is 29.9. The van der Waals surface area contributed by atoms with E-state index in [-0.39, 0.29) is 41.6 Å². The van der Waals surface area contributed by atoms with Crippen molar-refractivity contribution in [3.05, 3.63) is 61.3 Å². The molecule has 0 aromatic carbocycles. The van der Waals surface area contributed by atoms with Crippen LogP contribution in [-0.2, 0) is 70.9 Å². The fourth-order valence-electron chi connectivity index (χ4n) is 6.75. The van der Waals surface area contributed by atoms with Crippen LogP contribution < -0.4 is 16.4 Å². The summed E-state index contributed by atoms with van der Waals surface area (Å²) in [5, 5.41) is 34.4. The summed E-state index contributed by atoms with van der Waals surface area (Å²) in [6, 6.07) is 0. The number of nitrogen functional groups attached to an aromatic ring is 1. The van der Waals surface area contributed by atoms with Crippen molar-refractivity contribution in [3.8, 4) is 0 Å². The first-order valence-electron chi connectivity index (χ1n) is 24.4. The third-order valence-electron chi connectivity index (χ3n) is 10.8. The van der Waals surface area contributed by atoms with Gasteiger partial charge in [-0.2, -0.15) is 0 Å². The molecule has 3 unspecified atom stereocenters. The maximum atomic E-state index is 12.6.